The van der Waals surface area contributed by atoms with Crippen LogP contribution in [0.2, 0.25) is 5.02 Å². The molecule has 0 aromatic heterocycles. The highest BCUT2D eigenvalue weighted by Crippen LogP contribution is 2.13. The lowest BCUT2D eigenvalue weighted by atomic mass is 10.2. The first-order chi connectivity index (χ1) is 4.72. The molecule has 3 heteroatoms. The minimum absolute atomic E-state index is 0.238. The van der Waals surface area contributed by atoms with Crippen molar-refractivity contribution in [3.63, 3.8) is 0 Å². The molecule has 54 valence electrons. The predicted molar refractivity (Wildman–Crippen MR) is 45.1 cm³/mol. The number of hydrogen-bond donors (Lipinski definition) is 0. The third-order valence-corrected chi connectivity index (χ3v) is 2.37. The summed E-state index contributed by atoms with van der Waals surface area (Å²) in [6, 6.07) is 5.61. The van der Waals surface area contributed by atoms with Gasteiger partial charge in [-0.2, -0.15) is 0 Å². The van der Waals surface area contributed by atoms with E-state index >= 15 is 0 Å². The van der Waals surface area contributed by atoms with Crippen molar-refractivity contribution in [3.8, 4) is 0 Å². The molecule has 0 aliphatic rings. The van der Waals surface area contributed by atoms with Gasteiger partial charge in [-0.3, -0.25) is 0 Å². The lowest BCUT2D eigenvalue weighted by molar-refractivity contribution is 0.626. The molecular weight excluding hydrogens is 167 g/mol. The van der Waals surface area contributed by atoms with Gasteiger partial charge in [0.25, 0.3) is 0 Å². The summed E-state index contributed by atoms with van der Waals surface area (Å²) in [5.41, 5.74) is 0.997. The zero-order valence-electron chi connectivity index (χ0n) is 5.70. The molecule has 0 unspecified atom stereocenters. The zero-order chi connectivity index (χ0) is 7.56. The van der Waals surface area contributed by atoms with Crippen LogP contribution in [0.15, 0.2) is 18.2 Å². The molecule has 0 nitrogen and oxygen atoms in total. The summed E-state index contributed by atoms with van der Waals surface area (Å²) in [5, 5.41) is 0.492. The summed E-state index contributed by atoms with van der Waals surface area (Å²) in [5.74, 6) is -0.238. The summed E-state index contributed by atoms with van der Waals surface area (Å²) in [6.45, 7) is 0. The molecule has 0 atom stereocenters. The molecule has 0 fully saturated rings. The van der Waals surface area contributed by atoms with E-state index in [4.69, 9.17) is 11.6 Å². The highest BCUT2D eigenvalue weighted by Gasteiger charge is 1.95. The van der Waals surface area contributed by atoms with E-state index < -0.39 is 0 Å². The Bertz CT molecular complexity index is 217. The molecule has 0 radical (unpaired) electrons. The van der Waals surface area contributed by atoms with Crippen LogP contribution in [0.3, 0.4) is 0 Å². The van der Waals surface area contributed by atoms with Gasteiger partial charge in [-0.15, -0.1) is 0 Å². The maximum atomic E-state index is 12.5. The maximum Gasteiger partial charge on any atom is 0.124 e. The van der Waals surface area contributed by atoms with Crippen LogP contribution in [0.5, 0.6) is 0 Å². The number of rotatable bonds is 1. The van der Waals surface area contributed by atoms with E-state index in [2.05, 4.69) is 0 Å². The van der Waals surface area contributed by atoms with Crippen LogP contribution in [0, 0.1) is 5.82 Å². The molecule has 0 heterocycles. The quantitative estimate of drug-likeness (QED) is 0.564. The van der Waals surface area contributed by atoms with Crippen LogP contribution in [0.1, 0.15) is 5.56 Å². The van der Waals surface area contributed by atoms with Crippen LogP contribution in [0.4, 0.5) is 4.39 Å². The molecule has 1 rings (SSSR count). The second kappa shape index (κ2) is 3.17. The first-order valence-corrected chi connectivity index (χ1v) is 4.96. The first-order valence-electron chi connectivity index (χ1n) is 3.17. The summed E-state index contributed by atoms with van der Waals surface area (Å²) in [4.78, 5) is 0. The van der Waals surface area contributed by atoms with Crippen molar-refractivity contribution in [2.45, 2.75) is 6.04 Å². The van der Waals surface area contributed by atoms with Crippen molar-refractivity contribution >= 4 is 21.8 Å². The number of benzene rings is 1. The second-order valence-electron chi connectivity index (χ2n) is 2.13. The van der Waals surface area contributed by atoms with Gasteiger partial charge in [0.2, 0.25) is 0 Å². The number of hydrogen-bond acceptors (Lipinski definition) is 0. The third kappa shape index (κ3) is 1.82. The van der Waals surface area contributed by atoms with Crippen LogP contribution in [-0.4, -0.2) is 10.2 Å². The van der Waals surface area contributed by atoms with Gasteiger partial charge in [0.15, 0.2) is 0 Å². The smallest absolute Gasteiger partial charge is 0.124 e. The van der Waals surface area contributed by atoms with Gasteiger partial charge in [0.1, 0.15) is 5.82 Å². The summed E-state index contributed by atoms with van der Waals surface area (Å²) in [7, 11) is 1.05. The van der Waals surface area contributed by atoms with E-state index in [1.807, 2.05) is 0 Å². The fourth-order valence-corrected chi connectivity index (χ4v) is 1.47. The van der Waals surface area contributed by atoms with E-state index in [1.54, 1.807) is 6.07 Å². The van der Waals surface area contributed by atoms with E-state index in [-0.39, 0.29) is 5.82 Å². The van der Waals surface area contributed by atoms with Crippen molar-refractivity contribution in [3.05, 3.63) is 34.6 Å². The van der Waals surface area contributed by atoms with Crippen LogP contribution in [-0.2, 0) is 6.04 Å². The topological polar surface area (TPSA) is 0 Å². The SMILES string of the molecule is Fc1cc(Cl)cc(C[SiH3])c1. The van der Waals surface area contributed by atoms with E-state index in [1.165, 1.54) is 12.1 Å². The van der Waals surface area contributed by atoms with Crippen molar-refractivity contribution < 1.29 is 4.39 Å². The molecule has 0 amide bonds. The largest absolute Gasteiger partial charge is 0.207 e. The van der Waals surface area contributed by atoms with Crippen molar-refractivity contribution in [2.24, 2.45) is 0 Å². The first kappa shape index (κ1) is 7.76. The van der Waals surface area contributed by atoms with Gasteiger partial charge >= 0.3 is 0 Å². The Morgan fingerprint density at radius 2 is 2.10 bits per heavy atom. The van der Waals surface area contributed by atoms with Crippen LogP contribution < -0.4 is 0 Å². The Hall–Kier alpha value is -0.343. The molecular formula is C7H8ClFSi. The van der Waals surface area contributed by atoms with Crippen molar-refractivity contribution in [1.82, 2.24) is 0 Å². The Morgan fingerprint density at radius 3 is 2.60 bits per heavy atom. The van der Waals surface area contributed by atoms with Crippen molar-refractivity contribution in [1.29, 1.82) is 0 Å². The maximum absolute atomic E-state index is 12.5. The minimum Gasteiger partial charge on any atom is -0.207 e. The molecule has 0 N–H and O–H groups in total. The van der Waals surface area contributed by atoms with Gasteiger partial charge in [-0.05, 0) is 29.8 Å². The fraction of sp³-hybridized carbons (Fsp3) is 0.143. The van der Waals surface area contributed by atoms with Gasteiger partial charge in [-0.1, -0.05) is 11.6 Å². The lowest BCUT2D eigenvalue weighted by Gasteiger charge is -1.96. The highest BCUT2D eigenvalue weighted by molar-refractivity contribution is 6.30. The van der Waals surface area contributed by atoms with Crippen LogP contribution in [0.25, 0.3) is 0 Å². The van der Waals surface area contributed by atoms with Crippen molar-refractivity contribution in [2.75, 3.05) is 0 Å². The third-order valence-electron chi connectivity index (χ3n) is 1.33. The second-order valence-corrected chi connectivity index (χ2v) is 3.27. The Kier molecular flexibility index (Phi) is 2.46. The van der Waals surface area contributed by atoms with E-state index in [9.17, 15) is 4.39 Å². The van der Waals surface area contributed by atoms with E-state index in [0.29, 0.717) is 5.02 Å². The van der Waals surface area contributed by atoms with Gasteiger partial charge in [0, 0.05) is 15.3 Å². The van der Waals surface area contributed by atoms with E-state index in [0.717, 1.165) is 21.9 Å². The molecule has 1 aromatic rings. The summed E-state index contributed by atoms with van der Waals surface area (Å²) < 4.78 is 12.5. The molecule has 0 bridgehead atoms. The molecule has 0 aliphatic carbocycles. The normalized spacial score (nSPS) is 10.2. The molecule has 0 saturated heterocycles. The average Bonchev–Trinajstić information content (AvgIpc) is 1.85. The van der Waals surface area contributed by atoms with Gasteiger partial charge in [0.05, 0.1) is 0 Å². The average molecular weight is 175 g/mol. The number of halogens is 2. The molecule has 0 aliphatic heterocycles. The molecule has 1 aromatic carbocycles. The fourth-order valence-electron chi connectivity index (χ4n) is 0.815. The minimum atomic E-state index is -0.238. The molecule has 0 spiro atoms. The summed E-state index contributed by atoms with van der Waals surface area (Å²) >= 11 is 5.60. The Morgan fingerprint density at radius 1 is 1.40 bits per heavy atom. The Labute approximate surface area is 67.4 Å². The highest BCUT2D eigenvalue weighted by atomic mass is 35.5. The van der Waals surface area contributed by atoms with Crippen LogP contribution >= 0.6 is 11.6 Å². The van der Waals surface area contributed by atoms with Gasteiger partial charge < -0.3 is 0 Å². The monoisotopic (exact) mass is 174 g/mol. The standard InChI is InChI=1S/C7H8ClFSi/c8-6-1-5(4-10)2-7(9)3-6/h1-3H,4H2,10H3. The Balaban J connectivity index is 3.06. The lowest BCUT2D eigenvalue weighted by Crippen LogP contribution is -1.84. The van der Waals surface area contributed by atoms with Gasteiger partial charge in [-0.25, -0.2) is 4.39 Å². The molecule has 10 heavy (non-hydrogen) atoms. The zero-order valence-corrected chi connectivity index (χ0v) is 8.45. The molecule has 0 saturated carbocycles. The summed E-state index contributed by atoms with van der Waals surface area (Å²) in [6.07, 6.45) is 0. The predicted octanol–water partition coefficient (Wildman–Crippen LogP) is 1.34.